The van der Waals surface area contributed by atoms with E-state index >= 15 is 0 Å². The van der Waals surface area contributed by atoms with Gasteiger partial charge >= 0.3 is 0 Å². The largest absolute Gasteiger partial charge is 0.361 e. The molecule has 0 fully saturated rings. The minimum Gasteiger partial charge on any atom is -0.361 e. The first-order chi connectivity index (χ1) is 14.5. The van der Waals surface area contributed by atoms with Crippen molar-refractivity contribution >= 4 is 34.1 Å². The van der Waals surface area contributed by atoms with E-state index < -0.39 is 0 Å². The van der Waals surface area contributed by atoms with Gasteiger partial charge in [-0.05, 0) is 38.5 Å². The van der Waals surface area contributed by atoms with Crippen LogP contribution in [0.3, 0.4) is 0 Å². The number of benzene rings is 2. The zero-order valence-corrected chi connectivity index (χ0v) is 18.6. The van der Waals surface area contributed by atoms with Gasteiger partial charge < -0.3 is 4.52 Å². The summed E-state index contributed by atoms with van der Waals surface area (Å²) in [6, 6.07) is 17.7. The number of rotatable bonds is 6. The van der Waals surface area contributed by atoms with Gasteiger partial charge in [0.25, 0.3) is 5.91 Å². The van der Waals surface area contributed by atoms with Crippen LogP contribution >= 0.6 is 23.1 Å². The van der Waals surface area contributed by atoms with Crippen LogP contribution in [0.4, 0.5) is 5.13 Å². The van der Waals surface area contributed by atoms with Crippen LogP contribution in [-0.2, 0) is 5.75 Å². The van der Waals surface area contributed by atoms with Gasteiger partial charge in [0.1, 0.15) is 5.76 Å². The Morgan fingerprint density at radius 2 is 1.77 bits per heavy atom. The summed E-state index contributed by atoms with van der Waals surface area (Å²) in [4.78, 5) is 19.5. The summed E-state index contributed by atoms with van der Waals surface area (Å²) in [5.74, 6) is 1.35. The number of anilines is 1. The minimum atomic E-state index is -0.162. The number of carbonyl (C=O) groups excluding carboxylic acids is 1. The highest BCUT2D eigenvalue weighted by atomic mass is 32.2. The number of thiazole rings is 1. The maximum atomic E-state index is 13.0. The topological polar surface area (TPSA) is 68.0 Å². The number of nitrogens with zero attached hydrogens (tertiary/aromatic N) is 2. The number of aryl methyl sites for hydroxylation is 3. The molecule has 0 saturated carbocycles. The van der Waals surface area contributed by atoms with E-state index in [9.17, 15) is 4.79 Å². The number of amides is 1. The van der Waals surface area contributed by atoms with E-state index in [1.54, 1.807) is 11.8 Å². The van der Waals surface area contributed by atoms with Gasteiger partial charge in [0.15, 0.2) is 5.13 Å². The van der Waals surface area contributed by atoms with Crippen LogP contribution in [0.1, 0.15) is 33.1 Å². The van der Waals surface area contributed by atoms with E-state index in [1.165, 1.54) is 11.3 Å². The molecule has 0 spiro atoms. The van der Waals surface area contributed by atoms with Crippen molar-refractivity contribution in [3.05, 3.63) is 82.9 Å². The summed E-state index contributed by atoms with van der Waals surface area (Å²) in [6.45, 7) is 5.80. The third-order valence-corrected chi connectivity index (χ3v) is 6.96. The van der Waals surface area contributed by atoms with E-state index in [4.69, 9.17) is 4.52 Å². The van der Waals surface area contributed by atoms with Gasteiger partial charge in [-0.15, -0.1) is 11.8 Å². The first-order valence-corrected chi connectivity index (χ1v) is 11.3. The van der Waals surface area contributed by atoms with E-state index in [0.29, 0.717) is 16.4 Å². The molecule has 0 bridgehead atoms. The van der Waals surface area contributed by atoms with E-state index in [2.05, 4.69) is 15.5 Å². The number of hydrogen-bond donors (Lipinski definition) is 1. The molecule has 0 aliphatic rings. The maximum absolute atomic E-state index is 13.0. The quantitative estimate of drug-likeness (QED) is 0.362. The predicted molar refractivity (Wildman–Crippen MR) is 122 cm³/mol. The zero-order valence-electron chi connectivity index (χ0n) is 16.9. The summed E-state index contributed by atoms with van der Waals surface area (Å²) in [7, 11) is 0. The number of carbonyl (C=O) groups is 1. The SMILES string of the molecule is Cc1nc(NC(=O)c2ccccc2SCc2c(C)noc2C)sc1-c1ccccc1. The highest BCUT2D eigenvalue weighted by Gasteiger charge is 2.17. The van der Waals surface area contributed by atoms with Gasteiger partial charge in [0.05, 0.1) is 21.8 Å². The first kappa shape index (κ1) is 20.4. The number of hydrogen-bond acceptors (Lipinski definition) is 6. The Labute approximate surface area is 183 Å². The van der Waals surface area contributed by atoms with E-state index in [-0.39, 0.29) is 5.91 Å². The lowest BCUT2D eigenvalue weighted by Gasteiger charge is -2.08. The van der Waals surface area contributed by atoms with Gasteiger partial charge in [-0.3, -0.25) is 10.1 Å². The fourth-order valence-electron chi connectivity index (χ4n) is 3.11. The lowest BCUT2D eigenvalue weighted by molar-refractivity contribution is 0.102. The lowest BCUT2D eigenvalue weighted by Crippen LogP contribution is -2.12. The monoisotopic (exact) mass is 435 g/mol. The van der Waals surface area contributed by atoms with Crippen molar-refractivity contribution in [2.24, 2.45) is 0 Å². The van der Waals surface area contributed by atoms with Crippen molar-refractivity contribution in [2.45, 2.75) is 31.4 Å². The van der Waals surface area contributed by atoms with Crippen molar-refractivity contribution in [3.8, 4) is 10.4 Å². The molecule has 0 unspecified atom stereocenters. The minimum absolute atomic E-state index is 0.162. The molecular formula is C23H21N3O2S2. The Bertz CT molecular complexity index is 1160. The molecule has 0 aliphatic heterocycles. The standard InChI is InChI=1S/C23H21N3O2S2/c1-14-19(16(3)28-26-14)13-29-20-12-8-7-11-18(20)22(27)25-23-24-15(2)21(30-23)17-9-5-4-6-10-17/h4-12H,13H2,1-3H3,(H,24,25,27). The zero-order chi connectivity index (χ0) is 21.1. The van der Waals surface area contributed by atoms with Crippen LogP contribution in [0.5, 0.6) is 0 Å². The third kappa shape index (κ3) is 4.32. The molecule has 0 radical (unpaired) electrons. The summed E-state index contributed by atoms with van der Waals surface area (Å²) in [5.41, 5.74) is 4.58. The van der Waals surface area contributed by atoms with Crippen LogP contribution in [0, 0.1) is 20.8 Å². The second-order valence-electron chi connectivity index (χ2n) is 6.84. The molecular weight excluding hydrogens is 414 g/mol. The molecule has 2 aromatic heterocycles. The Hall–Kier alpha value is -2.90. The molecule has 4 aromatic rings. The normalized spacial score (nSPS) is 10.9. The molecule has 1 N–H and O–H groups in total. The molecule has 5 nitrogen and oxygen atoms in total. The van der Waals surface area contributed by atoms with Crippen molar-refractivity contribution < 1.29 is 9.32 Å². The number of aromatic nitrogens is 2. The molecule has 2 aromatic carbocycles. The van der Waals surface area contributed by atoms with Crippen LogP contribution in [0.15, 0.2) is 64.0 Å². The highest BCUT2D eigenvalue weighted by molar-refractivity contribution is 7.98. The number of thioether (sulfide) groups is 1. The molecule has 0 atom stereocenters. The summed E-state index contributed by atoms with van der Waals surface area (Å²) in [6.07, 6.45) is 0. The molecule has 1 amide bonds. The Morgan fingerprint density at radius 3 is 2.50 bits per heavy atom. The van der Waals surface area contributed by atoms with Gasteiger partial charge in [0, 0.05) is 16.2 Å². The summed E-state index contributed by atoms with van der Waals surface area (Å²) in [5, 5.41) is 7.57. The van der Waals surface area contributed by atoms with Gasteiger partial charge in [0.2, 0.25) is 0 Å². The van der Waals surface area contributed by atoms with Crippen LogP contribution in [-0.4, -0.2) is 16.0 Å². The predicted octanol–water partition coefficient (Wildman–Crippen LogP) is 6.27. The molecule has 2 heterocycles. The van der Waals surface area contributed by atoms with Crippen molar-refractivity contribution in [2.75, 3.05) is 5.32 Å². The fraction of sp³-hybridized carbons (Fsp3) is 0.174. The summed E-state index contributed by atoms with van der Waals surface area (Å²) >= 11 is 3.09. The molecule has 4 rings (SSSR count). The number of nitrogens with one attached hydrogen (secondary N) is 1. The maximum Gasteiger partial charge on any atom is 0.258 e. The smallest absolute Gasteiger partial charge is 0.258 e. The Balaban J connectivity index is 1.52. The second-order valence-corrected chi connectivity index (χ2v) is 8.86. The third-order valence-electron chi connectivity index (χ3n) is 4.74. The van der Waals surface area contributed by atoms with Gasteiger partial charge in [-0.1, -0.05) is 59.0 Å². The highest BCUT2D eigenvalue weighted by Crippen LogP contribution is 2.34. The average molecular weight is 436 g/mol. The van der Waals surface area contributed by atoms with Crippen molar-refractivity contribution in [1.29, 1.82) is 0 Å². The first-order valence-electron chi connectivity index (χ1n) is 9.50. The fourth-order valence-corrected chi connectivity index (χ4v) is 5.28. The van der Waals surface area contributed by atoms with Gasteiger partial charge in [-0.2, -0.15) is 0 Å². The Kier molecular flexibility index (Phi) is 6.01. The van der Waals surface area contributed by atoms with E-state index in [1.807, 2.05) is 75.4 Å². The molecule has 7 heteroatoms. The van der Waals surface area contributed by atoms with Gasteiger partial charge in [-0.25, -0.2) is 4.98 Å². The average Bonchev–Trinajstić information content (AvgIpc) is 3.28. The Morgan fingerprint density at radius 1 is 1.03 bits per heavy atom. The lowest BCUT2D eigenvalue weighted by atomic mass is 10.2. The summed E-state index contributed by atoms with van der Waals surface area (Å²) < 4.78 is 5.24. The van der Waals surface area contributed by atoms with Crippen molar-refractivity contribution in [1.82, 2.24) is 10.1 Å². The molecule has 0 saturated heterocycles. The van der Waals surface area contributed by atoms with Crippen LogP contribution in [0.2, 0.25) is 0 Å². The molecule has 30 heavy (non-hydrogen) atoms. The van der Waals surface area contributed by atoms with Crippen molar-refractivity contribution in [3.63, 3.8) is 0 Å². The molecule has 0 aliphatic carbocycles. The van der Waals surface area contributed by atoms with Crippen LogP contribution in [0.25, 0.3) is 10.4 Å². The molecule has 152 valence electrons. The second kappa shape index (κ2) is 8.85. The van der Waals surface area contributed by atoms with Crippen LogP contribution < -0.4 is 5.32 Å². The van der Waals surface area contributed by atoms with E-state index in [0.717, 1.165) is 38.0 Å².